The van der Waals surface area contributed by atoms with Gasteiger partial charge >= 0.3 is 0 Å². The number of nitrogens with zero attached hydrogens (tertiary/aromatic N) is 1. The predicted molar refractivity (Wildman–Crippen MR) is 86.7 cm³/mol. The number of para-hydroxylation sites is 1. The highest BCUT2D eigenvalue weighted by Crippen LogP contribution is 2.33. The van der Waals surface area contributed by atoms with E-state index in [1.54, 1.807) is 18.0 Å². The van der Waals surface area contributed by atoms with Crippen molar-refractivity contribution in [3.05, 3.63) is 54.0 Å². The van der Waals surface area contributed by atoms with Gasteiger partial charge in [0.1, 0.15) is 10.8 Å². The van der Waals surface area contributed by atoms with E-state index in [0.717, 1.165) is 33.0 Å². The number of fused-ring (bicyclic) bond motifs is 1. The van der Waals surface area contributed by atoms with E-state index in [2.05, 4.69) is 12.1 Å². The Hall–Kier alpha value is -1.78. The maximum Gasteiger partial charge on any atom is 0.114 e. The van der Waals surface area contributed by atoms with Crippen LogP contribution in [0.15, 0.2) is 57.0 Å². The van der Waals surface area contributed by atoms with Gasteiger partial charge in [-0.05, 0) is 44.0 Å². The number of hydrogen-bond donors (Lipinski definition) is 1. The number of nitrogens with two attached hydrogens (primary N) is 1. The summed E-state index contributed by atoms with van der Waals surface area (Å²) in [6.07, 6.45) is 2.53. The summed E-state index contributed by atoms with van der Waals surface area (Å²) in [4.78, 5) is 5.91. The zero-order valence-electron chi connectivity index (χ0n) is 12.2. The van der Waals surface area contributed by atoms with Crippen molar-refractivity contribution in [2.45, 2.75) is 36.2 Å². The number of aryl methyl sites for hydroxylation is 1. The molecule has 1 atom stereocenters. The fourth-order valence-corrected chi connectivity index (χ4v) is 3.25. The lowest BCUT2D eigenvalue weighted by Crippen LogP contribution is -2.18. The molecule has 0 spiro atoms. The number of rotatable bonds is 4. The second kappa shape index (κ2) is 5.92. The lowest BCUT2D eigenvalue weighted by molar-refractivity contribution is 0.527. The summed E-state index contributed by atoms with van der Waals surface area (Å²) < 4.78 is 5.37. The molecule has 0 radical (unpaired) electrons. The number of hydrogen-bond acceptors (Lipinski definition) is 4. The second-order valence-corrected chi connectivity index (χ2v) is 6.30. The number of aromatic nitrogens is 1. The summed E-state index contributed by atoms with van der Waals surface area (Å²) >= 11 is 1.64. The predicted octanol–water partition coefficient (Wildman–Crippen LogP) is 4.18. The molecule has 0 amide bonds. The van der Waals surface area contributed by atoms with Gasteiger partial charge in [-0.3, -0.25) is 0 Å². The van der Waals surface area contributed by atoms with Crippen molar-refractivity contribution in [3.8, 4) is 0 Å². The average molecular weight is 298 g/mol. The van der Waals surface area contributed by atoms with Crippen LogP contribution in [0.25, 0.3) is 10.9 Å². The Bertz CT molecular complexity index is 764. The molecule has 108 valence electrons. The molecule has 4 heteroatoms. The van der Waals surface area contributed by atoms with Crippen LogP contribution in [0.2, 0.25) is 0 Å². The Labute approximate surface area is 128 Å². The Balaban J connectivity index is 2.07. The molecule has 2 aromatic heterocycles. The fraction of sp³-hybridized carbons (Fsp3) is 0.235. The van der Waals surface area contributed by atoms with Crippen molar-refractivity contribution >= 4 is 22.7 Å². The van der Waals surface area contributed by atoms with Crippen molar-refractivity contribution in [1.82, 2.24) is 4.98 Å². The van der Waals surface area contributed by atoms with E-state index in [9.17, 15) is 0 Å². The van der Waals surface area contributed by atoms with Crippen molar-refractivity contribution in [1.29, 1.82) is 0 Å². The van der Waals surface area contributed by atoms with Crippen LogP contribution in [-0.4, -0.2) is 11.0 Å². The maximum absolute atomic E-state index is 5.99. The number of pyridine rings is 1. The van der Waals surface area contributed by atoms with Gasteiger partial charge in [0.15, 0.2) is 0 Å². The first kappa shape index (κ1) is 14.2. The molecule has 0 aliphatic carbocycles. The highest BCUT2D eigenvalue weighted by molar-refractivity contribution is 7.99. The molecule has 0 aliphatic rings. The minimum absolute atomic E-state index is 0.109. The highest BCUT2D eigenvalue weighted by Gasteiger charge is 2.12. The van der Waals surface area contributed by atoms with Gasteiger partial charge in [-0.15, -0.1) is 0 Å². The Morgan fingerprint density at radius 3 is 2.81 bits per heavy atom. The van der Waals surface area contributed by atoms with Gasteiger partial charge in [-0.1, -0.05) is 30.0 Å². The lowest BCUT2D eigenvalue weighted by Gasteiger charge is -2.12. The van der Waals surface area contributed by atoms with Crippen molar-refractivity contribution in [3.63, 3.8) is 0 Å². The van der Waals surface area contributed by atoms with Crippen molar-refractivity contribution < 1.29 is 4.42 Å². The molecule has 0 bridgehead atoms. The Morgan fingerprint density at radius 1 is 1.29 bits per heavy atom. The molecule has 3 rings (SSSR count). The van der Waals surface area contributed by atoms with Gasteiger partial charge in [0.05, 0.1) is 16.7 Å². The minimum atomic E-state index is 0.109. The molecule has 3 nitrogen and oxygen atoms in total. The van der Waals surface area contributed by atoms with Crippen molar-refractivity contribution in [2.24, 2.45) is 5.73 Å². The summed E-state index contributed by atoms with van der Waals surface area (Å²) in [6.45, 7) is 3.99. The lowest BCUT2D eigenvalue weighted by atomic mass is 10.1. The molecule has 1 unspecified atom stereocenters. The SMILES string of the molecule is Cc1occc1Sc1nc2ccccc2cc1CC(C)N. The highest BCUT2D eigenvalue weighted by atomic mass is 32.2. The molecule has 2 heterocycles. The minimum Gasteiger partial charge on any atom is -0.468 e. The summed E-state index contributed by atoms with van der Waals surface area (Å²) in [7, 11) is 0. The van der Waals surface area contributed by atoms with Gasteiger partial charge < -0.3 is 10.2 Å². The van der Waals surface area contributed by atoms with E-state index in [4.69, 9.17) is 15.1 Å². The summed E-state index contributed by atoms with van der Waals surface area (Å²) in [5.74, 6) is 0.918. The van der Waals surface area contributed by atoms with Crippen LogP contribution in [0.1, 0.15) is 18.2 Å². The van der Waals surface area contributed by atoms with E-state index in [-0.39, 0.29) is 6.04 Å². The zero-order valence-corrected chi connectivity index (χ0v) is 13.0. The third kappa shape index (κ3) is 3.12. The Morgan fingerprint density at radius 2 is 2.10 bits per heavy atom. The van der Waals surface area contributed by atoms with E-state index < -0.39 is 0 Å². The topological polar surface area (TPSA) is 52.0 Å². The van der Waals surface area contributed by atoms with Gasteiger partial charge in [-0.25, -0.2) is 4.98 Å². The largest absolute Gasteiger partial charge is 0.468 e. The van der Waals surface area contributed by atoms with Gasteiger partial charge in [0.25, 0.3) is 0 Å². The monoisotopic (exact) mass is 298 g/mol. The van der Waals surface area contributed by atoms with E-state index >= 15 is 0 Å². The second-order valence-electron chi connectivity index (χ2n) is 5.27. The first-order valence-electron chi connectivity index (χ1n) is 6.99. The zero-order chi connectivity index (χ0) is 14.8. The summed E-state index contributed by atoms with van der Waals surface area (Å²) in [5, 5.41) is 2.16. The Kier molecular flexibility index (Phi) is 3.99. The van der Waals surface area contributed by atoms with Crippen LogP contribution in [0.5, 0.6) is 0 Å². The molecule has 1 aromatic carbocycles. The molecule has 0 fully saturated rings. The number of furan rings is 1. The summed E-state index contributed by atoms with van der Waals surface area (Å²) in [5.41, 5.74) is 8.18. The van der Waals surface area contributed by atoms with Gasteiger partial charge in [0, 0.05) is 11.4 Å². The fourth-order valence-electron chi connectivity index (χ4n) is 2.31. The van der Waals surface area contributed by atoms with Crippen LogP contribution < -0.4 is 5.73 Å². The van der Waals surface area contributed by atoms with E-state index in [1.165, 1.54) is 5.56 Å². The third-order valence-corrected chi connectivity index (χ3v) is 4.51. The average Bonchev–Trinajstić information content (AvgIpc) is 2.84. The normalized spacial score (nSPS) is 12.7. The molecular weight excluding hydrogens is 280 g/mol. The van der Waals surface area contributed by atoms with Crippen LogP contribution in [0.3, 0.4) is 0 Å². The smallest absolute Gasteiger partial charge is 0.114 e. The van der Waals surface area contributed by atoms with E-state index in [1.807, 2.05) is 38.1 Å². The molecule has 0 saturated heterocycles. The molecular formula is C17H18N2OS. The molecule has 3 aromatic rings. The standard InChI is InChI=1S/C17H18N2OS/c1-11(18)9-14-10-13-5-3-4-6-15(13)19-17(14)21-16-7-8-20-12(16)2/h3-8,10-11H,9,18H2,1-2H3. The van der Waals surface area contributed by atoms with Crippen LogP contribution in [0.4, 0.5) is 0 Å². The van der Waals surface area contributed by atoms with Crippen molar-refractivity contribution in [2.75, 3.05) is 0 Å². The maximum atomic E-state index is 5.99. The van der Waals surface area contributed by atoms with Gasteiger partial charge in [0.2, 0.25) is 0 Å². The van der Waals surface area contributed by atoms with Crippen LogP contribution in [0, 0.1) is 6.92 Å². The first-order valence-corrected chi connectivity index (χ1v) is 7.81. The van der Waals surface area contributed by atoms with Crippen LogP contribution >= 0.6 is 11.8 Å². The molecule has 2 N–H and O–H groups in total. The van der Waals surface area contributed by atoms with Gasteiger partial charge in [-0.2, -0.15) is 0 Å². The van der Waals surface area contributed by atoms with E-state index in [0.29, 0.717) is 0 Å². The third-order valence-electron chi connectivity index (χ3n) is 3.32. The molecule has 21 heavy (non-hydrogen) atoms. The quantitative estimate of drug-likeness (QED) is 0.785. The molecule has 0 aliphatic heterocycles. The van der Waals surface area contributed by atoms with Crippen LogP contribution in [-0.2, 0) is 6.42 Å². The summed E-state index contributed by atoms with van der Waals surface area (Å²) in [6, 6.07) is 12.5. The molecule has 0 saturated carbocycles. The first-order chi connectivity index (χ1) is 10.1. The number of benzene rings is 1.